The average Bonchev–Trinajstić information content (AvgIpc) is 3.09. The largest absolute Gasteiger partial charge is 0.462 e. The van der Waals surface area contributed by atoms with Crippen LogP contribution in [0.5, 0.6) is 0 Å². The third-order valence-electron chi connectivity index (χ3n) is 9.28. The summed E-state index contributed by atoms with van der Waals surface area (Å²) in [5, 5.41) is 0. The molecule has 0 fully saturated rings. The highest BCUT2D eigenvalue weighted by molar-refractivity contribution is 5.71. The number of hydrogen-bond acceptors (Lipinski definition) is 6. The average molecular weight is 693 g/mol. The summed E-state index contributed by atoms with van der Waals surface area (Å²) in [6.45, 7) is 6.44. The number of carbonyl (C=O) groups is 3. The van der Waals surface area contributed by atoms with Crippen molar-refractivity contribution >= 4 is 17.9 Å². The van der Waals surface area contributed by atoms with Gasteiger partial charge in [-0.05, 0) is 32.1 Å². The zero-order chi connectivity index (χ0) is 35.9. The first kappa shape index (κ1) is 47.1. The van der Waals surface area contributed by atoms with E-state index in [1.165, 1.54) is 135 Å². The van der Waals surface area contributed by atoms with E-state index in [9.17, 15) is 14.4 Å². The van der Waals surface area contributed by atoms with Gasteiger partial charge in [-0.1, -0.05) is 187 Å². The first-order valence-electron chi connectivity index (χ1n) is 21.2. The highest BCUT2D eigenvalue weighted by Crippen LogP contribution is 2.15. The van der Waals surface area contributed by atoms with Gasteiger partial charge in [-0.3, -0.25) is 14.4 Å². The lowest BCUT2D eigenvalue weighted by Gasteiger charge is -2.18. The molecule has 0 aromatic heterocycles. The summed E-state index contributed by atoms with van der Waals surface area (Å²) in [6.07, 6.45) is 39.8. The molecule has 0 aliphatic heterocycles. The van der Waals surface area contributed by atoms with E-state index in [1.54, 1.807) is 0 Å². The van der Waals surface area contributed by atoms with Crippen molar-refractivity contribution in [2.24, 2.45) is 0 Å². The Kier molecular flexibility index (Phi) is 37.5. The second-order valence-electron chi connectivity index (χ2n) is 14.3. The Bertz CT molecular complexity index is 763. The predicted molar refractivity (Wildman–Crippen MR) is 206 cm³/mol. The summed E-state index contributed by atoms with van der Waals surface area (Å²) in [6, 6.07) is 0. The molecule has 0 heterocycles. The van der Waals surface area contributed by atoms with Crippen LogP contribution in [-0.4, -0.2) is 37.2 Å². The molecule has 49 heavy (non-hydrogen) atoms. The van der Waals surface area contributed by atoms with E-state index < -0.39 is 6.10 Å². The van der Waals surface area contributed by atoms with E-state index in [-0.39, 0.29) is 37.5 Å². The summed E-state index contributed by atoms with van der Waals surface area (Å²) >= 11 is 0. The molecule has 0 rings (SSSR count). The smallest absolute Gasteiger partial charge is 0.306 e. The molecule has 0 aromatic rings. The number of esters is 3. The van der Waals surface area contributed by atoms with Crippen LogP contribution in [0.2, 0.25) is 0 Å². The zero-order valence-corrected chi connectivity index (χ0v) is 32.7. The van der Waals surface area contributed by atoms with Crippen LogP contribution in [0.4, 0.5) is 0 Å². The van der Waals surface area contributed by atoms with E-state index in [1.807, 2.05) is 0 Å². The maximum Gasteiger partial charge on any atom is 0.306 e. The van der Waals surface area contributed by atoms with E-state index in [2.05, 4.69) is 32.9 Å². The number of carbonyl (C=O) groups excluding carboxylic acids is 3. The molecule has 0 aromatic carbocycles. The fourth-order valence-electron chi connectivity index (χ4n) is 6.05. The van der Waals surface area contributed by atoms with Gasteiger partial charge in [0.05, 0.1) is 0 Å². The fourth-order valence-corrected chi connectivity index (χ4v) is 6.05. The number of rotatable bonds is 38. The molecule has 6 nitrogen and oxygen atoms in total. The number of unbranched alkanes of at least 4 members (excludes halogenated alkanes) is 25. The summed E-state index contributed by atoms with van der Waals surface area (Å²) in [5.74, 6) is -0.956. The maximum absolute atomic E-state index is 12.6. The standard InChI is InChI=1S/C43H80O6/c1-4-7-10-12-14-16-18-20-21-23-24-26-28-30-33-36-42(45)48-39-40(38-47-41(44)35-32-9-6-3)49-43(46)37-34-31-29-27-25-22-19-17-15-13-11-8-5-2/h28,30,40H,4-27,29,31-39H2,1-3H3. The Hall–Kier alpha value is -1.85. The molecule has 0 aliphatic rings. The number of ether oxygens (including phenoxy) is 3. The lowest BCUT2D eigenvalue weighted by Crippen LogP contribution is -2.30. The lowest BCUT2D eigenvalue weighted by molar-refractivity contribution is -0.166. The van der Waals surface area contributed by atoms with Gasteiger partial charge in [-0.25, -0.2) is 0 Å². The number of allylic oxidation sites excluding steroid dienone is 2. The molecule has 0 saturated carbocycles. The van der Waals surface area contributed by atoms with Crippen LogP contribution in [0.1, 0.15) is 226 Å². The van der Waals surface area contributed by atoms with Crippen LogP contribution < -0.4 is 0 Å². The molecule has 0 aliphatic carbocycles. The van der Waals surface area contributed by atoms with E-state index >= 15 is 0 Å². The van der Waals surface area contributed by atoms with Crippen LogP contribution in [0.15, 0.2) is 12.2 Å². The molecule has 0 saturated heterocycles. The normalized spacial score (nSPS) is 12.0. The molecule has 1 unspecified atom stereocenters. The Balaban J connectivity index is 4.15. The third kappa shape index (κ3) is 37.2. The van der Waals surface area contributed by atoms with Crippen molar-refractivity contribution in [3.8, 4) is 0 Å². The zero-order valence-electron chi connectivity index (χ0n) is 32.7. The van der Waals surface area contributed by atoms with Crippen LogP contribution in [0.3, 0.4) is 0 Å². The maximum atomic E-state index is 12.6. The Morgan fingerprint density at radius 2 is 0.714 bits per heavy atom. The van der Waals surface area contributed by atoms with Gasteiger partial charge in [0.1, 0.15) is 13.2 Å². The van der Waals surface area contributed by atoms with Crippen LogP contribution in [0, 0.1) is 0 Å². The highest BCUT2D eigenvalue weighted by atomic mass is 16.6. The third-order valence-corrected chi connectivity index (χ3v) is 9.28. The summed E-state index contributed by atoms with van der Waals surface area (Å²) in [7, 11) is 0. The fraction of sp³-hybridized carbons (Fsp3) is 0.884. The van der Waals surface area contributed by atoms with E-state index in [0.29, 0.717) is 19.3 Å². The van der Waals surface area contributed by atoms with Gasteiger partial charge in [-0.15, -0.1) is 0 Å². The predicted octanol–water partition coefficient (Wildman–Crippen LogP) is 13.1. The molecule has 1 atom stereocenters. The van der Waals surface area contributed by atoms with Crippen molar-refractivity contribution in [2.45, 2.75) is 232 Å². The second-order valence-corrected chi connectivity index (χ2v) is 14.3. The van der Waals surface area contributed by atoms with Gasteiger partial charge in [0.15, 0.2) is 6.10 Å². The topological polar surface area (TPSA) is 78.9 Å². The van der Waals surface area contributed by atoms with Crippen LogP contribution >= 0.6 is 0 Å². The highest BCUT2D eigenvalue weighted by Gasteiger charge is 2.19. The van der Waals surface area contributed by atoms with Gasteiger partial charge in [0, 0.05) is 19.3 Å². The molecule has 0 amide bonds. The summed E-state index contributed by atoms with van der Waals surface area (Å²) in [4.78, 5) is 37.1. The molecular weight excluding hydrogens is 612 g/mol. The van der Waals surface area contributed by atoms with Gasteiger partial charge in [0.25, 0.3) is 0 Å². The minimum atomic E-state index is -0.773. The Labute approximate surface area is 303 Å². The number of hydrogen-bond donors (Lipinski definition) is 0. The van der Waals surface area contributed by atoms with E-state index in [0.717, 1.165) is 44.9 Å². The van der Waals surface area contributed by atoms with Gasteiger partial charge in [-0.2, -0.15) is 0 Å². The lowest BCUT2D eigenvalue weighted by atomic mass is 10.0. The quantitative estimate of drug-likeness (QED) is 0.0277. The van der Waals surface area contributed by atoms with Crippen molar-refractivity contribution in [3.05, 3.63) is 12.2 Å². The van der Waals surface area contributed by atoms with Crippen molar-refractivity contribution in [2.75, 3.05) is 13.2 Å². The van der Waals surface area contributed by atoms with Crippen LogP contribution in [0.25, 0.3) is 0 Å². The van der Waals surface area contributed by atoms with Crippen LogP contribution in [-0.2, 0) is 28.6 Å². The molecule has 0 N–H and O–H groups in total. The van der Waals surface area contributed by atoms with Crippen molar-refractivity contribution in [3.63, 3.8) is 0 Å². The minimum absolute atomic E-state index is 0.0819. The minimum Gasteiger partial charge on any atom is -0.462 e. The van der Waals surface area contributed by atoms with Crippen molar-refractivity contribution in [1.29, 1.82) is 0 Å². The van der Waals surface area contributed by atoms with Gasteiger partial charge in [0.2, 0.25) is 0 Å². The molecule has 0 bridgehead atoms. The molecule has 0 spiro atoms. The van der Waals surface area contributed by atoms with E-state index in [4.69, 9.17) is 14.2 Å². The molecular formula is C43H80O6. The van der Waals surface area contributed by atoms with Gasteiger partial charge < -0.3 is 14.2 Å². The first-order chi connectivity index (χ1) is 24.0. The Morgan fingerprint density at radius 1 is 0.388 bits per heavy atom. The second kappa shape index (κ2) is 38.9. The SMILES string of the molecule is CCCCCCCCCCCCCC=CCCC(=O)OCC(COC(=O)CCCCC)OC(=O)CCCCCCCCCCCCCCC. The molecule has 0 radical (unpaired) electrons. The molecule has 288 valence electrons. The first-order valence-corrected chi connectivity index (χ1v) is 21.2. The van der Waals surface area contributed by atoms with Crippen molar-refractivity contribution in [1.82, 2.24) is 0 Å². The Morgan fingerprint density at radius 3 is 1.18 bits per heavy atom. The van der Waals surface area contributed by atoms with Crippen molar-refractivity contribution < 1.29 is 28.6 Å². The monoisotopic (exact) mass is 693 g/mol. The molecule has 6 heteroatoms. The summed E-state index contributed by atoms with van der Waals surface area (Å²) < 4.78 is 16.4. The van der Waals surface area contributed by atoms with Gasteiger partial charge >= 0.3 is 17.9 Å². The summed E-state index contributed by atoms with van der Waals surface area (Å²) in [5.41, 5.74) is 0.